The SMILES string of the molecule is CCCCCC[C@H]1C(=O)N[C@](C(=O)O)([C@@H](O)[C@@H]2C=CCCC2)[C@@]1(C)O. The summed E-state index contributed by atoms with van der Waals surface area (Å²) in [6.07, 6.45) is 8.92. The molecule has 142 valence electrons. The van der Waals surface area contributed by atoms with Gasteiger partial charge in [0, 0.05) is 5.92 Å². The molecule has 0 unspecified atom stereocenters. The Morgan fingerprint density at radius 2 is 2.12 bits per heavy atom. The zero-order valence-electron chi connectivity index (χ0n) is 15.2. The van der Waals surface area contributed by atoms with Gasteiger partial charge in [-0.3, -0.25) is 4.79 Å². The van der Waals surface area contributed by atoms with Gasteiger partial charge >= 0.3 is 5.97 Å². The predicted molar refractivity (Wildman–Crippen MR) is 93.9 cm³/mol. The summed E-state index contributed by atoms with van der Waals surface area (Å²) < 4.78 is 0. The molecule has 1 saturated heterocycles. The van der Waals surface area contributed by atoms with E-state index in [1.165, 1.54) is 6.92 Å². The molecule has 2 aliphatic rings. The highest BCUT2D eigenvalue weighted by Crippen LogP contribution is 2.44. The second-order valence-electron chi connectivity index (χ2n) is 7.62. The lowest BCUT2D eigenvalue weighted by Gasteiger charge is -2.43. The van der Waals surface area contributed by atoms with Crippen molar-refractivity contribution in [1.82, 2.24) is 5.32 Å². The van der Waals surface area contributed by atoms with Gasteiger partial charge in [0.15, 0.2) is 5.54 Å². The zero-order chi connectivity index (χ0) is 18.7. The van der Waals surface area contributed by atoms with Gasteiger partial charge in [-0.1, -0.05) is 44.8 Å². The first kappa shape index (κ1) is 19.9. The third-order valence-electron chi connectivity index (χ3n) is 5.94. The van der Waals surface area contributed by atoms with Crippen LogP contribution < -0.4 is 5.32 Å². The highest BCUT2D eigenvalue weighted by atomic mass is 16.4. The Morgan fingerprint density at radius 3 is 2.68 bits per heavy atom. The van der Waals surface area contributed by atoms with Gasteiger partial charge in [0.25, 0.3) is 0 Å². The molecule has 0 saturated carbocycles. The summed E-state index contributed by atoms with van der Waals surface area (Å²) in [4.78, 5) is 24.6. The molecule has 0 spiro atoms. The molecule has 1 heterocycles. The van der Waals surface area contributed by atoms with Gasteiger partial charge in [-0.05, 0) is 32.6 Å². The molecule has 6 nitrogen and oxygen atoms in total. The zero-order valence-corrected chi connectivity index (χ0v) is 15.2. The molecule has 2 rings (SSSR count). The first-order valence-corrected chi connectivity index (χ1v) is 9.41. The first-order valence-electron chi connectivity index (χ1n) is 9.41. The second-order valence-corrected chi connectivity index (χ2v) is 7.62. The Hall–Kier alpha value is -1.40. The third kappa shape index (κ3) is 3.47. The van der Waals surface area contributed by atoms with Crippen molar-refractivity contribution in [3.05, 3.63) is 12.2 Å². The van der Waals surface area contributed by atoms with Gasteiger partial charge in [0.1, 0.15) is 5.60 Å². The van der Waals surface area contributed by atoms with E-state index < -0.39 is 41.0 Å². The molecule has 1 amide bonds. The van der Waals surface area contributed by atoms with Crippen molar-refractivity contribution in [2.45, 2.75) is 82.5 Å². The number of unbranched alkanes of at least 4 members (excludes halogenated alkanes) is 3. The van der Waals surface area contributed by atoms with Gasteiger partial charge in [0.2, 0.25) is 5.91 Å². The molecule has 25 heavy (non-hydrogen) atoms. The molecule has 1 aliphatic carbocycles. The Morgan fingerprint density at radius 1 is 1.40 bits per heavy atom. The lowest BCUT2D eigenvalue weighted by atomic mass is 9.68. The van der Waals surface area contributed by atoms with Crippen LogP contribution in [0.5, 0.6) is 0 Å². The van der Waals surface area contributed by atoms with Crippen molar-refractivity contribution in [3.63, 3.8) is 0 Å². The molecular weight excluding hydrogens is 322 g/mol. The molecular formula is C19H31NO5. The average molecular weight is 353 g/mol. The van der Waals surface area contributed by atoms with E-state index in [1.807, 2.05) is 6.08 Å². The monoisotopic (exact) mass is 353 g/mol. The fourth-order valence-corrected chi connectivity index (χ4v) is 4.32. The topological polar surface area (TPSA) is 107 Å². The number of carbonyl (C=O) groups is 2. The summed E-state index contributed by atoms with van der Waals surface area (Å²) in [5.74, 6) is -3.09. The summed E-state index contributed by atoms with van der Waals surface area (Å²) >= 11 is 0. The Balaban J connectivity index is 2.27. The first-order chi connectivity index (χ1) is 11.8. The molecule has 1 aliphatic heterocycles. The van der Waals surface area contributed by atoms with E-state index in [0.29, 0.717) is 12.8 Å². The molecule has 0 aromatic heterocycles. The van der Waals surface area contributed by atoms with Crippen LogP contribution in [0.4, 0.5) is 0 Å². The summed E-state index contributed by atoms with van der Waals surface area (Å²) in [6.45, 7) is 3.46. The number of allylic oxidation sites excluding steroid dienone is 1. The minimum atomic E-state index is -2.08. The summed E-state index contributed by atoms with van der Waals surface area (Å²) in [7, 11) is 0. The minimum absolute atomic E-state index is 0.393. The number of aliphatic hydroxyl groups is 2. The van der Waals surface area contributed by atoms with E-state index in [1.54, 1.807) is 6.08 Å². The van der Waals surface area contributed by atoms with Gasteiger partial charge in [-0.15, -0.1) is 0 Å². The maximum Gasteiger partial charge on any atom is 0.335 e. The maximum atomic E-state index is 12.5. The second kappa shape index (κ2) is 7.87. The van der Waals surface area contributed by atoms with Gasteiger partial charge in [-0.25, -0.2) is 4.79 Å². The van der Waals surface area contributed by atoms with Crippen molar-refractivity contribution in [2.75, 3.05) is 0 Å². The van der Waals surface area contributed by atoms with Crippen LogP contribution in [-0.2, 0) is 9.59 Å². The average Bonchev–Trinajstić information content (AvgIpc) is 2.79. The van der Waals surface area contributed by atoms with Crippen molar-refractivity contribution < 1.29 is 24.9 Å². The van der Waals surface area contributed by atoms with E-state index >= 15 is 0 Å². The summed E-state index contributed by atoms with van der Waals surface area (Å²) in [5.41, 5.74) is -3.93. The number of hydrogen-bond acceptors (Lipinski definition) is 4. The fraction of sp³-hybridized carbons (Fsp3) is 0.789. The van der Waals surface area contributed by atoms with Crippen molar-refractivity contribution in [3.8, 4) is 0 Å². The fourth-order valence-electron chi connectivity index (χ4n) is 4.32. The highest BCUT2D eigenvalue weighted by Gasteiger charge is 2.69. The van der Waals surface area contributed by atoms with Crippen LogP contribution in [0, 0.1) is 11.8 Å². The van der Waals surface area contributed by atoms with Crippen molar-refractivity contribution in [2.24, 2.45) is 11.8 Å². The van der Waals surface area contributed by atoms with Crippen molar-refractivity contribution >= 4 is 11.9 Å². The number of rotatable bonds is 8. The van der Waals surface area contributed by atoms with Crippen LogP contribution in [0.2, 0.25) is 0 Å². The quantitative estimate of drug-likeness (QED) is 0.394. The Kier molecular flexibility index (Phi) is 6.27. The smallest absolute Gasteiger partial charge is 0.335 e. The lowest BCUT2D eigenvalue weighted by Crippen LogP contribution is -2.70. The van der Waals surface area contributed by atoms with Crippen LogP contribution >= 0.6 is 0 Å². The molecule has 6 heteroatoms. The number of nitrogens with one attached hydrogen (secondary N) is 1. The normalized spacial score (nSPS) is 36.2. The number of carboxylic acids is 1. The van der Waals surface area contributed by atoms with Crippen LogP contribution in [0.1, 0.15) is 65.2 Å². The summed E-state index contributed by atoms with van der Waals surface area (Å²) in [6, 6.07) is 0. The van der Waals surface area contributed by atoms with E-state index in [-0.39, 0.29) is 0 Å². The standard InChI is InChI=1S/C19H31NO5/c1-3-4-5-9-12-14-16(22)20-19(17(23)24,18(14,2)25)15(21)13-10-7-6-8-11-13/h7,10,13-15,21,25H,3-6,8-9,11-12H2,1-2H3,(H,20,22)(H,23,24)/t13-,14+,15+,18+,19+/m1/s1. The van der Waals surface area contributed by atoms with Crippen molar-refractivity contribution in [1.29, 1.82) is 0 Å². The van der Waals surface area contributed by atoms with Gasteiger partial charge < -0.3 is 20.6 Å². The molecule has 0 aromatic rings. The van der Waals surface area contributed by atoms with E-state index in [2.05, 4.69) is 12.2 Å². The molecule has 0 radical (unpaired) electrons. The van der Waals surface area contributed by atoms with Crippen LogP contribution in [-0.4, -0.2) is 44.4 Å². The molecule has 4 N–H and O–H groups in total. The third-order valence-corrected chi connectivity index (χ3v) is 5.94. The summed E-state index contributed by atoms with van der Waals surface area (Å²) in [5, 5.41) is 34.3. The number of aliphatic hydroxyl groups excluding tert-OH is 1. The van der Waals surface area contributed by atoms with E-state index in [9.17, 15) is 24.9 Å². The maximum absolute atomic E-state index is 12.5. The van der Waals surface area contributed by atoms with Crippen LogP contribution in [0.25, 0.3) is 0 Å². The highest BCUT2D eigenvalue weighted by molar-refractivity contribution is 5.95. The number of carboxylic acid groups (broad SMARTS) is 1. The molecule has 0 bridgehead atoms. The van der Waals surface area contributed by atoms with E-state index in [0.717, 1.165) is 38.5 Å². The van der Waals surface area contributed by atoms with Crippen LogP contribution in [0.3, 0.4) is 0 Å². The number of amides is 1. The number of hydrogen-bond donors (Lipinski definition) is 4. The van der Waals surface area contributed by atoms with Crippen LogP contribution in [0.15, 0.2) is 12.2 Å². The molecule has 5 atom stereocenters. The Bertz CT molecular complexity index is 530. The molecule has 0 aromatic carbocycles. The molecule has 1 fully saturated rings. The van der Waals surface area contributed by atoms with E-state index in [4.69, 9.17) is 0 Å². The minimum Gasteiger partial charge on any atom is -0.479 e. The largest absolute Gasteiger partial charge is 0.479 e. The Labute approximate surface area is 149 Å². The van der Waals surface area contributed by atoms with Gasteiger partial charge in [-0.2, -0.15) is 0 Å². The number of carbonyl (C=O) groups excluding carboxylic acids is 1. The number of aliphatic carboxylic acids is 1. The van der Waals surface area contributed by atoms with Gasteiger partial charge in [0.05, 0.1) is 12.0 Å². The predicted octanol–water partition coefficient (Wildman–Crippen LogP) is 1.99. The lowest BCUT2D eigenvalue weighted by molar-refractivity contribution is -0.170.